The summed E-state index contributed by atoms with van der Waals surface area (Å²) in [6, 6.07) is 9.90. The number of cyclic esters (lactones) is 1. The van der Waals surface area contributed by atoms with Crippen molar-refractivity contribution < 1.29 is 101 Å². The minimum absolute atomic E-state index is 0.0507. The fourth-order valence-corrected chi connectivity index (χ4v) is 17.4. The van der Waals surface area contributed by atoms with Crippen LogP contribution in [0.1, 0.15) is 154 Å². The highest BCUT2D eigenvalue weighted by Gasteiger charge is 2.50. The molecule has 6 aliphatic rings. The molecule has 2 bridgehead atoms. The van der Waals surface area contributed by atoms with E-state index >= 15 is 0 Å². The van der Waals surface area contributed by atoms with Gasteiger partial charge in [0.2, 0.25) is 11.7 Å². The number of hydrogen-bond acceptors (Lipinski definition) is 30. The number of nitrogens with two attached hydrogens (primary N) is 3. The fourth-order valence-electron chi connectivity index (χ4n) is 17.4. The number of alkyl carbamates (subject to hydrolysis) is 1. The van der Waals surface area contributed by atoms with E-state index in [1.54, 1.807) is 40.0 Å². The van der Waals surface area contributed by atoms with Gasteiger partial charge in [-0.15, -0.1) is 0 Å². The number of rotatable bonds is 31. The Morgan fingerprint density at radius 3 is 2.19 bits per heavy atom. The number of nitrogens with zero attached hydrogens (tertiary/aromatic N) is 8. The lowest BCUT2D eigenvalue weighted by atomic mass is 9.81. The molecular weight excluding hydrogens is 1610 g/mol. The molecule has 12 atom stereocenters. The van der Waals surface area contributed by atoms with Gasteiger partial charge in [0.05, 0.1) is 103 Å². The minimum Gasteiger partial charge on any atom is -0.476 e. The van der Waals surface area contributed by atoms with Crippen molar-refractivity contribution >= 4 is 69.4 Å². The summed E-state index contributed by atoms with van der Waals surface area (Å²) in [5, 5.41) is 57.9. The van der Waals surface area contributed by atoms with Crippen LogP contribution in [-0.4, -0.2) is 281 Å². The standard InChI is InChI=1S/C91H131N13O21/c1-57-14-9-8-10-15-58(2)76(115-7)51-70-16-13-29-91(114,125-70)84(110)87(111)103-31-12-11-17-73(103)88(112)123-77(52-74(105)59(3)47-61(5)82(108)83(109)81(107)60(4)46-57)71(92)49-63-19-23-69(24-20-63)122-62(6)95-30-35-116-36-37-117-38-39-118-40-41-119-42-43-120-44-45-121-90(113)98-68-27-32-101(33-28-68)55-78(106)102-34-26-65-48-64(18-21-67(65)54-102)53-104-86-79(85(93)96-56-97-86)80(100-104)66-22-25-75-72(50-66)99-89(94)124-75/h8-10,14-15,18,21-22,25,47-48,50,56-57,59-60,63,68-71,73-74,76-77,82-83,95,105,108-109,114H,6,11-13,16-17,19-20,23-24,26-46,49,51-55,92H2,1-5,7H3,(H2,94,99)(H,98,113)(H2,93,96,97)/b10-8+,14-9+,58-15+,61-47+/t57-,59-,60-,63?,69?,70+,71-,73+,74-,76+,77+,82-,83+,91-/m1/s1. The minimum atomic E-state index is -2.43. The number of Topliss-reactive ketones (excluding diaryl/α,β-unsaturated/α-hetero) is 2. The molecule has 4 fully saturated rings. The topological polar surface area (TPSA) is 457 Å². The number of carbonyl (C=O) groups excluding carboxylic acids is 6. The van der Waals surface area contributed by atoms with Crippen LogP contribution in [0, 0.1) is 23.7 Å². The Morgan fingerprint density at radius 2 is 1.47 bits per heavy atom. The molecule has 0 unspecified atom stereocenters. The number of ketones is 2. The molecule has 12 N–H and O–H groups in total. The molecule has 5 aliphatic heterocycles. The van der Waals surface area contributed by atoms with Crippen LogP contribution in [0.4, 0.5) is 16.6 Å². The lowest BCUT2D eigenvalue weighted by Crippen LogP contribution is -2.58. The van der Waals surface area contributed by atoms with E-state index in [1.165, 1.54) is 11.9 Å². The van der Waals surface area contributed by atoms with E-state index in [2.05, 4.69) is 55.3 Å². The Balaban J connectivity index is 0.511. The Hall–Kier alpha value is -9.14. The van der Waals surface area contributed by atoms with Gasteiger partial charge in [-0.1, -0.05) is 75.4 Å². The number of anilines is 2. The number of likely N-dealkylation sites (tertiary alicyclic amines) is 1. The second kappa shape index (κ2) is 47.6. The number of ether oxygens (including phenoxy) is 10. The van der Waals surface area contributed by atoms with Crippen LogP contribution in [0.25, 0.3) is 33.4 Å². The summed E-state index contributed by atoms with van der Waals surface area (Å²) in [6.45, 7) is 20.3. The summed E-state index contributed by atoms with van der Waals surface area (Å²) in [5.74, 6) is -6.41. The lowest BCUT2D eigenvalue weighted by molar-refractivity contribution is -0.245. The molecule has 0 spiro atoms. The van der Waals surface area contributed by atoms with Crippen LogP contribution in [0.3, 0.4) is 0 Å². The normalized spacial score (nSPS) is 27.6. The highest BCUT2D eigenvalue weighted by Crippen LogP contribution is 2.38. The first-order valence-electron chi connectivity index (χ1n) is 44.4. The number of aromatic nitrogens is 5. The second-order valence-corrected chi connectivity index (χ2v) is 34.1. The van der Waals surface area contributed by atoms with Crippen LogP contribution >= 0.6 is 0 Å². The maximum absolute atomic E-state index is 14.6. The zero-order chi connectivity index (χ0) is 89.1. The van der Waals surface area contributed by atoms with Gasteiger partial charge in [-0.25, -0.2) is 24.2 Å². The average Bonchev–Trinajstić information content (AvgIpc) is 1.55. The van der Waals surface area contributed by atoms with E-state index in [-0.39, 0.29) is 80.5 Å². The zero-order valence-electron chi connectivity index (χ0n) is 73.3. The number of esters is 1. The van der Waals surface area contributed by atoms with E-state index < -0.39 is 95.9 Å². The maximum atomic E-state index is 14.6. The van der Waals surface area contributed by atoms with Crippen LogP contribution in [0.2, 0.25) is 0 Å². The van der Waals surface area contributed by atoms with Gasteiger partial charge < -0.3 is 110 Å². The fraction of sp³-hybridized carbons (Fsp3) is 0.626. The van der Waals surface area contributed by atoms with Gasteiger partial charge in [-0.05, 0) is 168 Å². The first-order valence-corrected chi connectivity index (χ1v) is 44.4. The molecule has 8 heterocycles. The van der Waals surface area contributed by atoms with Gasteiger partial charge in [0, 0.05) is 95.1 Å². The van der Waals surface area contributed by atoms with E-state index in [0.29, 0.717) is 215 Å². The third kappa shape index (κ3) is 27.9. The Bertz CT molecular complexity index is 4520. The van der Waals surface area contributed by atoms with Gasteiger partial charge >= 0.3 is 12.1 Å². The number of amides is 3. The summed E-state index contributed by atoms with van der Waals surface area (Å²) in [5.41, 5.74) is 26.9. The number of aliphatic hydroxyl groups is 4. The molecule has 34 heteroatoms. The zero-order valence-corrected chi connectivity index (χ0v) is 73.3. The number of piperidine rings is 2. The summed E-state index contributed by atoms with van der Waals surface area (Å²) in [4.78, 5) is 101. The molecule has 2 aromatic carbocycles. The number of allylic oxidation sites excluding steroid dienone is 5. The summed E-state index contributed by atoms with van der Waals surface area (Å²) in [6.07, 6.45) is 13.1. The first-order chi connectivity index (χ1) is 60.2. The summed E-state index contributed by atoms with van der Waals surface area (Å²) >= 11 is 0. The van der Waals surface area contributed by atoms with Crippen LogP contribution in [0.5, 0.6) is 0 Å². The van der Waals surface area contributed by atoms with Crippen molar-refractivity contribution in [3.05, 3.63) is 119 Å². The van der Waals surface area contributed by atoms with Crippen molar-refractivity contribution in [3.8, 4) is 11.3 Å². The van der Waals surface area contributed by atoms with Crippen LogP contribution in [-0.2, 0) is 90.9 Å². The second-order valence-electron chi connectivity index (χ2n) is 34.1. The number of carbonyl (C=O) groups is 6. The van der Waals surface area contributed by atoms with Crippen molar-refractivity contribution in [1.29, 1.82) is 0 Å². The van der Waals surface area contributed by atoms with Gasteiger partial charge in [0.25, 0.3) is 17.7 Å². The Morgan fingerprint density at radius 1 is 0.760 bits per heavy atom. The first kappa shape index (κ1) is 96.5. The number of aliphatic hydroxyl groups excluding tert-OH is 3. The highest BCUT2D eigenvalue weighted by molar-refractivity contribution is 6.39. The van der Waals surface area contributed by atoms with Gasteiger partial charge in [-0.2, -0.15) is 10.1 Å². The van der Waals surface area contributed by atoms with E-state index in [9.17, 15) is 49.2 Å². The number of methoxy groups -OCH3 is 1. The number of benzene rings is 2. The summed E-state index contributed by atoms with van der Waals surface area (Å²) in [7, 11) is 1.56. The van der Waals surface area contributed by atoms with Crippen molar-refractivity contribution in [1.82, 2.24) is 50.1 Å². The van der Waals surface area contributed by atoms with Crippen molar-refractivity contribution in [2.45, 2.75) is 224 Å². The predicted octanol–water partition coefficient (Wildman–Crippen LogP) is 7.24. The monoisotopic (exact) mass is 1740 g/mol. The Kier molecular flexibility index (Phi) is 36.7. The molecule has 11 rings (SSSR count). The molecule has 5 aromatic rings. The number of hydrogen-bond donors (Lipinski definition) is 9. The van der Waals surface area contributed by atoms with Gasteiger partial charge in [0.15, 0.2) is 22.9 Å². The molecule has 125 heavy (non-hydrogen) atoms. The highest BCUT2D eigenvalue weighted by atomic mass is 16.6. The van der Waals surface area contributed by atoms with Crippen molar-refractivity contribution in [2.24, 2.45) is 29.4 Å². The molecule has 1 saturated carbocycles. The number of fused-ring (bicyclic) bond motifs is 6. The third-order valence-electron chi connectivity index (χ3n) is 24.6. The number of oxazole rings is 1. The molecule has 3 amide bonds. The SMILES string of the molecule is C=C(NCCOCCOCCOCCOCCOCCOC(=O)NC1CCN(CC(=O)N2CCc3cc(Cn4nc(-c5ccc6oc(N)nc6c5)c5c(N)ncnc54)ccc3C2)CC1)OC1CCC(C[C@@H](N)[C@@H]2C[C@@H](O)[C@H](C)/C=C(\C)[C@@H](O)[C@@H](O)C(=O)[C@H](C)C[C@H](C)/C=C/C=C/C=C(\C)[C@@H](OC)C[C@@H]3CCC[C@@](O)(O3)C(=O)C(=O)N3CCCC[C@H]3C(=O)O2)CC1. The van der Waals surface area contributed by atoms with Crippen molar-refractivity contribution in [3.63, 3.8) is 0 Å². The molecule has 686 valence electrons. The van der Waals surface area contributed by atoms with Gasteiger partial charge in [0.1, 0.15) is 60.4 Å². The van der Waals surface area contributed by atoms with Crippen LogP contribution < -0.4 is 27.8 Å². The number of nitrogen functional groups attached to an aromatic ring is 2. The van der Waals surface area contributed by atoms with Crippen LogP contribution in [0.15, 0.2) is 107 Å². The lowest BCUT2D eigenvalue weighted by Gasteiger charge is -2.40. The molecule has 3 aromatic heterocycles. The molecule has 1 aliphatic carbocycles. The van der Waals surface area contributed by atoms with E-state index in [4.69, 9.17) is 74.1 Å². The summed E-state index contributed by atoms with van der Waals surface area (Å²) < 4.78 is 65.3. The van der Waals surface area contributed by atoms with Crippen molar-refractivity contribution in [2.75, 3.05) is 131 Å². The van der Waals surface area contributed by atoms with Gasteiger partial charge in [-0.3, -0.25) is 24.1 Å². The molecular formula is C91H131N13O21. The average molecular weight is 1740 g/mol. The molecule has 0 radical (unpaired) electrons. The largest absolute Gasteiger partial charge is 0.476 e. The van der Waals surface area contributed by atoms with E-state index in [0.717, 1.165) is 46.4 Å². The van der Waals surface area contributed by atoms with E-state index in [1.807, 2.05) is 65.9 Å². The number of nitrogens with one attached hydrogen (secondary N) is 2. The quantitative estimate of drug-likeness (QED) is 0.00693. The molecule has 34 nitrogen and oxygen atoms in total. The maximum Gasteiger partial charge on any atom is 0.407 e. The smallest absolute Gasteiger partial charge is 0.407 e. The Labute approximate surface area is 731 Å². The third-order valence-corrected chi connectivity index (χ3v) is 24.6. The predicted molar refractivity (Wildman–Crippen MR) is 465 cm³/mol. The molecule has 3 saturated heterocycles.